The topological polar surface area (TPSA) is 66.9 Å². The van der Waals surface area contributed by atoms with Gasteiger partial charge in [-0.05, 0) is 50.3 Å². The van der Waals surface area contributed by atoms with Crippen LogP contribution in [0.1, 0.15) is 16.8 Å². The molecule has 0 spiro atoms. The molecule has 1 saturated heterocycles. The molecule has 1 fully saturated rings. The number of nitrogens with one attached hydrogen (secondary N) is 1. The summed E-state index contributed by atoms with van der Waals surface area (Å²) in [6.07, 6.45) is 0.938. The number of hydrogen-bond donors (Lipinski definition) is 1. The van der Waals surface area contributed by atoms with E-state index in [-0.39, 0.29) is 5.91 Å². The third-order valence-corrected chi connectivity index (χ3v) is 6.33. The molecular weight excluding hydrogens is 416 g/mol. The number of rotatable bonds is 6. The van der Waals surface area contributed by atoms with Crippen molar-refractivity contribution in [2.24, 2.45) is 0 Å². The molecular formula is C26H30N4O3. The molecule has 1 amide bonds. The summed E-state index contributed by atoms with van der Waals surface area (Å²) in [4.78, 5) is 22.8. The molecule has 2 aromatic carbocycles. The van der Waals surface area contributed by atoms with E-state index in [4.69, 9.17) is 14.5 Å². The van der Waals surface area contributed by atoms with Crippen molar-refractivity contribution in [2.75, 3.05) is 59.5 Å². The van der Waals surface area contributed by atoms with E-state index >= 15 is 0 Å². The smallest absolute Gasteiger partial charge is 0.252 e. The zero-order valence-electron chi connectivity index (χ0n) is 19.0. The number of carbonyl (C=O) groups excluding carboxylic acids is 1. The number of piperazine rings is 1. The van der Waals surface area contributed by atoms with Crippen LogP contribution in [0.4, 0.5) is 0 Å². The van der Waals surface area contributed by atoms with Crippen LogP contribution in [0.2, 0.25) is 0 Å². The zero-order valence-corrected chi connectivity index (χ0v) is 19.0. The van der Waals surface area contributed by atoms with Gasteiger partial charge in [0, 0.05) is 43.7 Å². The summed E-state index contributed by atoms with van der Waals surface area (Å²) in [6, 6.07) is 15.5. The molecule has 7 heteroatoms. The van der Waals surface area contributed by atoms with Gasteiger partial charge in [0.1, 0.15) is 13.2 Å². The van der Waals surface area contributed by atoms with Gasteiger partial charge in [-0.1, -0.05) is 18.2 Å². The summed E-state index contributed by atoms with van der Waals surface area (Å²) in [5.74, 6) is 1.39. The summed E-state index contributed by atoms with van der Waals surface area (Å²) in [5.41, 5.74) is 3.08. The molecule has 0 bridgehead atoms. The van der Waals surface area contributed by atoms with Gasteiger partial charge in [0.15, 0.2) is 11.5 Å². The van der Waals surface area contributed by atoms with E-state index in [1.165, 1.54) is 0 Å². The highest BCUT2D eigenvalue weighted by Gasteiger charge is 2.17. The van der Waals surface area contributed by atoms with Crippen LogP contribution in [0, 0.1) is 0 Å². The van der Waals surface area contributed by atoms with Crippen LogP contribution in [0.3, 0.4) is 0 Å². The van der Waals surface area contributed by atoms with E-state index in [2.05, 4.69) is 22.2 Å². The standard InChI is InChI=1S/C26H30N4O3/c1-29-11-13-30(14-12-29)10-4-9-27-26(31)21-18-23(28-22-6-3-2-5-20(21)22)19-7-8-24-25(17-19)33-16-15-32-24/h2-3,5-8,17-18H,4,9-16H2,1H3,(H,27,31). The van der Waals surface area contributed by atoms with Crippen LogP contribution in [-0.2, 0) is 0 Å². The summed E-state index contributed by atoms with van der Waals surface area (Å²) in [6.45, 7) is 7.16. The average molecular weight is 447 g/mol. The van der Waals surface area contributed by atoms with E-state index in [1.54, 1.807) is 0 Å². The van der Waals surface area contributed by atoms with Crippen molar-refractivity contribution >= 4 is 16.8 Å². The van der Waals surface area contributed by atoms with Crippen molar-refractivity contribution in [1.29, 1.82) is 0 Å². The Balaban J connectivity index is 1.32. The Kier molecular flexibility index (Phi) is 6.41. The number of benzene rings is 2. The van der Waals surface area contributed by atoms with E-state index in [1.807, 2.05) is 48.5 Å². The van der Waals surface area contributed by atoms with Crippen molar-refractivity contribution in [2.45, 2.75) is 6.42 Å². The van der Waals surface area contributed by atoms with E-state index in [0.717, 1.165) is 67.1 Å². The lowest BCUT2D eigenvalue weighted by Crippen LogP contribution is -2.45. The number of para-hydroxylation sites is 1. The molecule has 3 heterocycles. The molecule has 1 N–H and O–H groups in total. The lowest BCUT2D eigenvalue weighted by Gasteiger charge is -2.32. The third kappa shape index (κ3) is 4.94. The SMILES string of the molecule is CN1CCN(CCCNC(=O)c2cc(-c3ccc4c(c3)OCCO4)nc3ccccc23)CC1. The summed E-state index contributed by atoms with van der Waals surface area (Å²) < 4.78 is 11.4. The largest absolute Gasteiger partial charge is 0.486 e. The predicted octanol–water partition coefficient (Wildman–Crippen LogP) is 3.04. The van der Waals surface area contributed by atoms with Crippen molar-refractivity contribution in [3.63, 3.8) is 0 Å². The first-order valence-electron chi connectivity index (χ1n) is 11.7. The van der Waals surface area contributed by atoms with Crippen LogP contribution in [0.15, 0.2) is 48.5 Å². The minimum absolute atomic E-state index is 0.0641. The Morgan fingerprint density at radius 1 is 1.00 bits per heavy atom. The van der Waals surface area contributed by atoms with Gasteiger partial charge in [0.25, 0.3) is 5.91 Å². The maximum absolute atomic E-state index is 13.2. The molecule has 5 rings (SSSR count). The van der Waals surface area contributed by atoms with Gasteiger partial charge in [-0.2, -0.15) is 0 Å². The van der Waals surface area contributed by atoms with Gasteiger partial charge in [0.05, 0.1) is 16.8 Å². The molecule has 3 aromatic rings. The Labute approximate surface area is 194 Å². The minimum atomic E-state index is -0.0641. The fourth-order valence-electron chi connectivity index (χ4n) is 4.39. The predicted molar refractivity (Wildman–Crippen MR) is 129 cm³/mol. The molecule has 2 aliphatic rings. The molecule has 7 nitrogen and oxygen atoms in total. The van der Waals surface area contributed by atoms with Crippen LogP contribution in [0.5, 0.6) is 11.5 Å². The quantitative estimate of drug-likeness (QED) is 0.587. The maximum Gasteiger partial charge on any atom is 0.252 e. The second-order valence-electron chi connectivity index (χ2n) is 8.69. The average Bonchev–Trinajstić information content (AvgIpc) is 2.86. The molecule has 33 heavy (non-hydrogen) atoms. The Bertz CT molecular complexity index is 1140. The van der Waals surface area contributed by atoms with Crippen LogP contribution in [-0.4, -0.2) is 80.2 Å². The van der Waals surface area contributed by atoms with Crippen LogP contribution < -0.4 is 14.8 Å². The Hall–Kier alpha value is -3.16. The third-order valence-electron chi connectivity index (χ3n) is 6.33. The Morgan fingerprint density at radius 3 is 2.64 bits per heavy atom. The number of aromatic nitrogens is 1. The van der Waals surface area contributed by atoms with Gasteiger partial charge < -0.3 is 24.6 Å². The molecule has 0 unspecified atom stereocenters. The first-order chi connectivity index (χ1) is 16.2. The van der Waals surface area contributed by atoms with Crippen LogP contribution >= 0.6 is 0 Å². The van der Waals surface area contributed by atoms with E-state index < -0.39 is 0 Å². The maximum atomic E-state index is 13.2. The highest BCUT2D eigenvalue weighted by atomic mass is 16.6. The zero-order chi connectivity index (χ0) is 22.6. The number of hydrogen-bond acceptors (Lipinski definition) is 6. The lowest BCUT2D eigenvalue weighted by molar-refractivity contribution is 0.0951. The normalized spacial score (nSPS) is 16.6. The highest BCUT2D eigenvalue weighted by molar-refractivity contribution is 6.07. The fraction of sp³-hybridized carbons (Fsp3) is 0.385. The first-order valence-corrected chi connectivity index (χ1v) is 11.7. The van der Waals surface area contributed by atoms with Gasteiger partial charge in [-0.15, -0.1) is 0 Å². The summed E-state index contributed by atoms with van der Waals surface area (Å²) >= 11 is 0. The first kappa shape index (κ1) is 21.7. The van der Waals surface area contributed by atoms with Gasteiger partial charge >= 0.3 is 0 Å². The lowest BCUT2D eigenvalue weighted by atomic mass is 10.0. The number of ether oxygens (including phenoxy) is 2. The van der Waals surface area contributed by atoms with Crippen molar-refractivity contribution < 1.29 is 14.3 Å². The molecule has 1 aromatic heterocycles. The fourth-order valence-corrected chi connectivity index (χ4v) is 4.39. The van der Waals surface area contributed by atoms with Gasteiger partial charge in [-0.25, -0.2) is 4.98 Å². The number of pyridine rings is 1. The second kappa shape index (κ2) is 9.77. The summed E-state index contributed by atoms with van der Waals surface area (Å²) in [5, 5.41) is 3.98. The number of carbonyl (C=O) groups is 1. The number of fused-ring (bicyclic) bond motifs is 2. The molecule has 2 aliphatic heterocycles. The number of likely N-dealkylation sites (N-methyl/N-ethyl adjacent to an activating group) is 1. The Morgan fingerprint density at radius 2 is 1.79 bits per heavy atom. The van der Waals surface area contributed by atoms with Crippen molar-refractivity contribution in [3.05, 3.63) is 54.1 Å². The molecule has 0 saturated carbocycles. The second-order valence-corrected chi connectivity index (χ2v) is 8.69. The van der Waals surface area contributed by atoms with E-state index in [9.17, 15) is 4.79 Å². The number of nitrogens with zero attached hydrogens (tertiary/aromatic N) is 3. The van der Waals surface area contributed by atoms with Crippen LogP contribution in [0.25, 0.3) is 22.2 Å². The monoisotopic (exact) mass is 446 g/mol. The van der Waals surface area contributed by atoms with Gasteiger partial charge in [-0.3, -0.25) is 4.79 Å². The van der Waals surface area contributed by atoms with Gasteiger partial charge in [0.2, 0.25) is 0 Å². The molecule has 0 radical (unpaired) electrons. The van der Waals surface area contributed by atoms with Crippen molar-refractivity contribution in [1.82, 2.24) is 20.1 Å². The molecule has 0 aliphatic carbocycles. The molecule has 172 valence electrons. The molecule has 0 atom stereocenters. The summed E-state index contributed by atoms with van der Waals surface area (Å²) in [7, 11) is 2.16. The minimum Gasteiger partial charge on any atom is -0.486 e. The van der Waals surface area contributed by atoms with Crippen molar-refractivity contribution in [3.8, 4) is 22.8 Å². The number of amides is 1. The highest BCUT2D eigenvalue weighted by Crippen LogP contribution is 2.35. The van der Waals surface area contributed by atoms with E-state index in [0.29, 0.717) is 31.1 Å².